The van der Waals surface area contributed by atoms with E-state index in [1.54, 1.807) is 19.2 Å². The number of aromatic nitrogens is 2. The second-order valence-corrected chi connectivity index (χ2v) is 7.12. The number of nitrogens with zero attached hydrogens (tertiary/aromatic N) is 1. The Labute approximate surface area is 168 Å². The number of para-hydroxylation sites is 1. The van der Waals surface area contributed by atoms with E-state index < -0.39 is 6.04 Å². The van der Waals surface area contributed by atoms with Crippen LogP contribution in [0.5, 0.6) is 0 Å². The molecule has 0 fully saturated rings. The topological polar surface area (TPSA) is 86.9 Å². The summed E-state index contributed by atoms with van der Waals surface area (Å²) in [7, 11) is 0. The van der Waals surface area contributed by atoms with Gasteiger partial charge in [0.2, 0.25) is 5.91 Å². The molecule has 2 aromatic heterocycles. The van der Waals surface area contributed by atoms with E-state index in [4.69, 9.17) is 0 Å². The van der Waals surface area contributed by atoms with Crippen LogP contribution in [0.2, 0.25) is 0 Å². The number of rotatable bonds is 5. The first-order valence-electron chi connectivity index (χ1n) is 9.55. The summed E-state index contributed by atoms with van der Waals surface area (Å²) in [4.78, 5) is 32.7. The van der Waals surface area contributed by atoms with Crippen LogP contribution in [0, 0.1) is 0 Å². The molecular formula is C23H22N4O2. The molecular weight excluding hydrogens is 364 g/mol. The van der Waals surface area contributed by atoms with E-state index in [0.717, 1.165) is 27.4 Å². The molecule has 0 radical (unpaired) electrons. The van der Waals surface area contributed by atoms with Crippen molar-refractivity contribution in [2.45, 2.75) is 25.9 Å². The van der Waals surface area contributed by atoms with Gasteiger partial charge in [0.15, 0.2) is 0 Å². The van der Waals surface area contributed by atoms with Gasteiger partial charge in [0.25, 0.3) is 5.91 Å². The number of H-pyrrole nitrogens is 1. The Bertz CT molecular complexity index is 1180. The molecule has 2 unspecified atom stereocenters. The lowest BCUT2D eigenvalue weighted by molar-refractivity contribution is -0.123. The molecule has 0 spiro atoms. The highest BCUT2D eigenvalue weighted by Crippen LogP contribution is 2.25. The summed E-state index contributed by atoms with van der Waals surface area (Å²) in [5, 5.41) is 7.61. The largest absolute Gasteiger partial charge is 0.353 e. The summed E-state index contributed by atoms with van der Waals surface area (Å²) >= 11 is 0. The highest BCUT2D eigenvalue weighted by molar-refractivity contribution is 6.09. The van der Waals surface area contributed by atoms with Gasteiger partial charge >= 0.3 is 0 Å². The number of amides is 2. The van der Waals surface area contributed by atoms with Crippen molar-refractivity contribution in [3.05, 3.63) is 78.1 Å². The lowest BCUT2D eigenvalue weighted by Gasteiger charge is -2.18. The number of fused-ring (bicyclic) bond motifs is 3. The van der Waals surface area contributed by atoms with Gasteiger partial charge in [-0.2, -0.15) is 0 Å². The molecule has 0 aliphatic carbocycles. The molecule has 2 atom stereocenters. The molecule has 3 N–H and O–H groups in total. The average molecular weight is 386 g/mol. The van der Waals surface area contributed by atoms with Crippen LogP contribution in [0.3, 0.4) is 0 Å². The summed E-state index contributed by atoms with van der Waals surface area (Å²) in [5.74, 6) is -0.630. The Morgan fingerprint density at radius 2 is 1.62 bits per heavy atom. The molecule has 0 saturated carbocycles. The standard InChI is InChI=1S/C23H22N4O2/c1-14(16-8-4-3-5-9-16)25-22(28)15(2)26-23(29)20-12-18-17-10-6-7-11-19(17)27-21(18)13-24-20/h3-15,27H,1-2H3,(H,25,28)(H,26,29). The van der Waals surface area contributed by atoms with Crippen molar-refractivity contribution >= 4 is 33.6 Å². The third-order valence-corrected chi connectivity index (χ3v) is 5.02. The molecule has 2 aromatic carbocycles. The maximum Gasteiger partial charge on any atom is 0.270 e. The summed E-state index contributed by atoms with van der Waals surface area (Å²) in [6, 6.07) is 18.5. The van der Waals surface area contributed by atoms with Gasteiger partial charge in [-0.25, -0.2) is 4.98 Å². The summed E-state index contributed by atoms with van der Waals surface area (Å²) < 4.78 is 0. The number of nitrogens with one attached hydrogen (secondary N) is 3. The molecule has 6 heteroatoms. The first-order valence-corrected chi connectivity index (χ1v) is 9.55. The Balaban J connectivity index is 1.47. The van der Waals surface area contributed by atoms with Crippen molar-refractivity contribution in [2.24, 2.45) is 0 Å². The molecule has 6 nitrogen and oxygen atoms in total. The number of benzene rings is 2. The molecule has 0 aliphatic rings. The number of hydrogen-bond donors (Lipinski definition) is 3. The monoisotopic (exact) mass is 386 g/mol. The average Bonchev–Trinajstić information content (AvgIpc) is 3.12. The number of pyridine rings is 1. The van der Waals surface area contributed by atoms with E-state index >= 15 is 0 Å². The van der Waals surface area contributed by atoms with Crippen LogP contribution in [0.25, 0.3) is 21.8 Å². The molecule has 0 bridgehead atoms. The van der Waals surface area contributed by atoms with E-state index in [1.807, 2.05) is 61.5 Å². The summed E-state index contributed by atoms with van der Waals surface area (Å²) in [6.45, 7) is 3.57. The Morgan fingerprint density at radius 1 is 0.897 bits per heavy atom. The first-order chi connectivity index (χ1) is 14.0. The highest BCUT2D eigenvalue weighted by atomic mass is 16.2. The zero-order chi connectivity index (χ0) is 20.4. The Hall–Kier alpha value is -3.67. The second kappa shape index (κ2) is 7.75. The molecule has 2 amide bonds. The van der Waals surface area contributed by atoms with E-state index in [9.17, 15) is 9.59 Å². The van der Waals surface area contributed by atoms with E-state index in [2.05, 4.69) is 20.6 Å². The molecule has 2 heterocycles. The molecule has 4 aromatic rings. The molecule has 29 heavy (non-hydrogen) atoms. The fourth-order valence-electron chi connectivity index (χ4n) is 3.37. The van der Waals surface area contributed by atoms with Crippen LogP contribution in [0.4, 0.5) is 0 Å². The lowest BCUT2D eigenvalue weighted by Crippen LogP contribution is -2.45. The summed E-state index contributed by atoms with van der Waals surface area (Å²) in [6.07, 6.45) is 1.65. The SMILES string of the molecule is CC(NC(=O)c1cc2c(cn1)[nH]c1ccccc12)C(=O)NC(C)c1ccccc1. The van der Waals surface area contributed by atoms with Crippen LogP contribution in [-0.2, 0) is 4.79 Å². The highest BCUT2D eigenvalue weighted by Gasteiger charge is 2.20. The Morgan fingerprint density at radius 3 is 2.41 bits per heavy atom. The third kappa shape index (κ3) is 3.82. The number of hydrogen-bond acceptors (Lipinski definition) is 3. The van der Waals surface area contributed by atoms with E-state index in [0.29, 0.717) is 0 Å². The molecule has 0 saturated heterocycles. The van der Waals surface area contributed by atoms with Crippen molar-refractivity contribution in [1.82, 2.24) is 20.6 Å². The van der Waals surface area contributed by atoms with E-state index in [-0.39, 0.29) is 23.6 Å². The zero-order valence-electron chi connectivity index (χ0n) is 16.3. The van der Waals surface area contributed by atoms with Gasteiger partial charge in [-0.1, -0.05) is 48.5 Å². The van der Waals surface area contributed by atoms with Gasteiger partial charge in [-0.05, 0) is 31.5 Å². The van der Waals surface area contributed by atoms with Crippen LogP contribution in [0.15, 0.2) is 66.9 Å². The van der Waals surface area contributed by atoms with Crippen LogP contribution >= 0.6 is 0 Å². The minimum Gasteiger partial charge on any atom is -0.353 e. The smallest absolute Gasteiger partial charge is 0.270 e. The third-order valence-electron chi connectivity index (χ3n) is 5.02. The number of carbonyl (C=O) groups is 2. The van der Waals surface area contributed by atoms with Crippen molar-refractivity contribution in [3.8, 4) is 0 Å². The van der Waals surface area contributed by atoms with Gasteiger partial charge in [0.1, 0.15) is 11.7 Å². The van der Waals surface area contributed by atoms with Gasteiger partial charge in [-0.3, -0.25) is 9.59 Å². The minimum absolute atomic E-state index is 0.149. The fraction of sp³-hybridized carbons (Fsp3) is 0.174. The van der Waals surface area contributed by atoms with Crippen molar-refractivity contribution < 1.29 is 9.59 Å². The second-order valence-electron chi connectivity index (χ2n) is 7.12. The van der Waals surface area contributed by atoms with Crippen LogP contribution < -0.4 is 10.6 Å². The molecule has 146 valence electrons. The van der Waals surface area contributed by atoms with E-state index in [1.165, 1.54) is 0 Å². The normalized spacial score (nSPS) is 13.2. The minimum atomic E-state index is -0.686. The van der Waals surface area contributed by atoms with Crippen molar-refractivity contribution in [2.75, 3.05) is 0 Å². The van der Waals surface area contributed by atoms with Crippen LogP contribution in [0.1, 0.15) is 35.9 Å². The summed E-state index contributed by atoms with van der Waals surface area (Å²) in [5.41, 5.74) is 3.14. The molecule has 0 aliphatic heterocycles. The van der Waals surface area contributed by atoms with Gasteiger partial charge in [-0.15, -0.1) is 0 Å². The van der Waals surface area contributed by atoms with Crippen molar-refractivity contribution in [1.29, 1.82) is 0 Å². The predicted molar refractivity (Wildman–Crippen MR) is 114 cm³/mol. The quantitative estimate of drug-likeness (QED) is 0.489. The number of aromatic amines is 1. The Kier molecular flexibility index (Phi) is 4.99. The maximum absolute atomic E-state index is 12.7. The first kappa shape index (κ1) is 18.7. The zero-order valence-corrected chi connectivity index (χ0v) is 16.3. The van der Waals surface area contributed by atoms with Gasteiger partial charge in [0, 0.05) is 16.3 Å². The fourth-order valence-corrected chi connectivity index (χ4v) is 3.37. The van der Waals surface area contributed by atoms with Gasteiger partial charge in [0.05, 0.1) is 17.8 Å². The van der Waals surface area contributed by atoms with Crippen molar-refractivity contribution in [3.63, 3.8) is 0 Å². The predicted octanol–water partition coefficient (Wildman–Crippen LogP) is 3.71. The van der Waals surface area contributed by atoms with Crippen LogP contribution in [-0.4, -0.2) is 27.8 Å². The molecule has 4 rings (SSSR count). The number of carbonyl (C=O) groups excluding carboxylic acids is 2. The maximum atomic E-state index is 12.7. The lowest BCUT2D eigenvalue weighted by atomic mass is 10.1. The van der Waals surface area contributed by atoms with Gasteiger partial charge < -0.3 is 15.6 Å².